The van der Waals surface area contributed by atoms with E-state index in [4.69, 9.17) is 4.74 Å². The van der Waals surface area contributed by atoms with Gasteiger partial charge >= 0.3 is 11.9 Å². The molecule has 0 saturated carbocycles. The number of carboxylic acids is 1. The highest BCUT2D eigenvalue weighted by atomic mass is 79.9. The monoisotopic (exact) mass is 356 g/mol. The third-order valence-electron chi connectivity index (χ3n) is 3.03. The number of hydrogen-bond acceptors (Lipinski definition) is 3. The molecular formula is C16H21BrO4. The Morgan fingerprint density at radius 2 is 2.00 bits per heavy atom. The summed E-state index contributed by atoms with van der Waals surface area (Å²) in [5.74, 6) is -1.39. The molecule has 0 aliphatic rings. The van der Waals surface area contributed by atoms with E-state index in [0.717, 1.165) is 12.8 Å². The van der Waals surface area contributed by atoms with Crippen LogP contribution in [-0.2, 0) is 11.2 Å². The average Bonchev–Trinajstić information content (AvgIpc) is 2.40. The molecule has 21 heavy (non-hydrogen) atoms. The zero-order chi connectivity index (χ0) is 16.0. The van der Waals surface area contributed by atoms with E-state index in [9.17, 15) is 14.7 Å². The first-order chi connectivity index (χ1) is 9.88. The predicted molar refractivity (Wildman–Crippen MR) is 84.8 cm³/mol. The van der Waals surface area contributed by atoms with Crippen LogP contribution in [0.2, 0.25) is 0 Å². The van der Waals surface area contributed by atoms with Crippen molar-refractivity contribution in [2.24, 2.45) is 5.92 Å². The number of aromatic carboxylic acids is 1. The van der Waals surface area contributed by atoms with Gasteiger partial charge in [-0.1, -0.05) is 43.1 Å². The van der Waals surface area contributed by atoms with Crippen molar-refractivity contribution < 1.29 is 19.4 Å². The van der Waals surface area contributed by atoms with Crippen molar-refractivity contribution in [1.82, 2.24) is 0 Å². The molecule has 0 aliphatic heterocycles. The molecular weight excluding hydrogens is 336 g/mol. The number of ether oxygens (including phenoxy) is 1. The normalized spacial score (nSPS) is 10.7. The Morgan fingerprint density at radius 1 is 1.33 bits per heavy atom. The fourth-order valence-corrected chi connectivity index (χ4v) is 2.52. The summed E-state index contributed by atoms with van der Waals surface area (Å²) in [5.41, 5.74) is 0.805. The highest BCUT2D eigenvalue weighted by molar-refractivity contribution is 9.10. The van der Waals surface area contributed by atoms with Crippen LogP contribution in [0.15, 0.2) is 16.6 Å². The summed E-state index contributed by atoms with van der Waals surface area (Å²) < 4.78 is 5.85. The van der Waals surface area contributed by atoms with Crippen LogP contribution in [0.25, 0.3) is 0 Å². The molecule has 0 saturated heterocycles. The van der Waals surface area contributed by atoms with Gasteiger partial charge in [-0.05, 0) is 36.5 Å². The molecule has 1 N–H and O–H groups in total. The Kier molecular flexibility index (Phi) is 6.89. The second-order valence-corrected chi connectivity index (χ2v) is 6.20. The molecule has 0 atom stereocenters. The number of carbonyl (C=O) groups excluding carboxylic acids is 1. The molecule has 0 radical (unpaired) electrons. The van der Waals surface area contributed by atoms with Crippen molar-refractivity contribution in [3.05, 3.63) is 33.3 Å². The van der Waals surface area contributed by atoms with Crippen LogP contribution < -0.4 is 0 Å². The molecule has 0 heterocycles. The summed E-state index contributed by atoms with van der Waals surface area (Å²) in [4.78, 5) is 23.7. The molecule has 0 spiro atoms. The van der Waals surface area contributed by atoms with E-state index < -0.39 is 11.9 Å². The highest BCUT2D eigenvalue weighted by Crippen LogP contribution is 2.27. The van der Waals surface area contributed by atoms with Gasteiger partial charge in [0.25, 0.3) is 0 Å². The predicted octanol–water partition coefficient (Wildman–Crippen LogP) is 4.30. The molecule has 0 amide bonds. The average molecular weight is 357 g/mol. The van der Waals surface area contributed by atoms with Crippen LogP contribution in [0, 0.1) is 5.92 Å². The topological polar surface area (TPSA) is 63.6 Å². The van der Waals surface area contributed by atoms with Gasteiger partial charge in [-0.15, -0.1) is 0 Å². The molecule has 0 fully saturated rings. The third kappa shape index (κ3) is 4.84. The SMILES string of the molecule is CCCCOC(=O)c1ccc(Br)c(CC(C)C)c1C(=O)O. The van der Waals surface area contributed by atoms with Crippen LogP contribution in [0.5, 0.6) is 0 Å². The molecule has 0 bridgehead atoms. The minimum absolute atomic E-state index is 0.0413. The lowest BCUT2D eigenvalue weighted by Gasteiger charge is -2.14. The van der Waals surface area contributed by atoms with Crippen LogP contribution in [0.3, 0.4) is 0 Å². The number of hydrogen-bond donors (Lipinski definition) is 1. The smallest absolute Gasteiger partial charge is 0.339 e. The number of benzene rings is 1. The molecule has 0 aromatic heterocycles. The van der Waals surface area contributed by atoms with Crippen LogP contribution in [-0.4, -0.2) is 23.7 Å². The second-order valence-electron chi connectivity index (χ2n) is 5.34. The zero-order valence-electron chi connectivity index (χ0n) is 12.6. The first kappa shape index (κ1) is 17.7. The fraction of sp³-hybridized carbons (Fsp3) is 0.500. The lowest BCUT2D eigenvalue weighted by Crippen LogP contribution is -2.16. The standard InChI is InChI=1S/C16H21BrO4/c1-4-5-8-21-16(20)11-6-7-13(17)12(9-10(2)3)14(11)15(18)19/h6-7,10H,4-5,8-9H2,1-3H3,(H,18,19). The van der Waals surface area contributed by atoms with E-state index in [-0.39, 0.29) is 17.0 Å². The number of esters is 1. The van der Waals surface area contributed by atoms with E-state index in [0.29, 0.717) is 23.1 Å². The largest absolute Gasteiger partial charge is 0.478 e. The van der Waals surface area contributed by atoms with E-state index in [2.05, 4.69) is 15.9 Å². The molecule has 1 rings (SSSR count). The van der Waals surface area contributed by atoms with Gasteiger partial charge in [0.05, 0.1) is 17.7 Å². The van der Waals surface area contributed by atoms with E-state index >= 15 is 0 Å². The van der Waals surface area contributed by atoms with Crippen molar-refractivity contribution in [2.75, 3.05) is 6.61 Å². The number of halogens is 1. The Bertz CT molecular complexity index is 523. The Hall–Kier alpha value is -1.36. The lowest BCUT2D eigenvalue weighted by molar-refractivity contribution is 0.0489. The summed E-state index contributed by atoms with van der Waals surface area (Å²) in [6.07, 6.45) is 2.26. The van der Waals surface area contributed by atoms with Crippen molar-refractivity contribution in [3.8, 4) is 0 Å². The molecule has 0 unspecified atom stereocenters. The number of unbranched alkanes of at least 4 members (excludes halogenated alkanes) is 1. The third-order valence-corrected chi connectivity index (χ3v) is 3.78. The van der Waals surface area contributed by atoms with E-state index in [1.54, 1.807) is 6.07 Å². The Morgan fingerprint density at radius 3 is 2.52 bits per heavy atom. The Labute approximate surface area is 133 Å². The summed E-state index contributed by atoms with van der Waals surface area (Å²) in [5, 5.41) is 9.48. The summed E-state index contributed by atoms with van der Waals surface area (Å²) in [6, 6.07) is 3.21. The van der Waals surface area contributed by atoms with Crippen LogP contribution in [0.4, 0.5) is 0 Å². The maximum Gasteiger partial charge on any atom is 0.339 e. The van der Waals surface area contributed by atoms with Gasteiger partial charge in [0, 0.05) is 4.47 Å². The molecule has 0 aliphatic carbocycles. The van der Waals surface area contributed by atoms with Crippen LogP contribution >= 0.6 is 15.9 Å². The summed E-state index contributed by atoms with van der Waals surface area (Å²) in [6.45, 7) is 6.31. The Balaban J connectivity index is 3.19. The maximum absolute atomic E-state index is 12.1. The lowest BCUT2D eigenvalue weighted by atomic mass is 9.94. The number of carboxylic acid groups (broad SMARTS) is 1. The van der Waals surface area contributed by atoms with Crippen molar-refractivity contribution in [2.45, 2.75) is 40.0 Å². The molecule has 5 heteroatoms. The van der Waals surface area contributed by atoms with Gasteiger partial charge < -0.3 is 9.84 Å². The highest BCUT2D eigenvalue weighted by Gasteiger charge is 2.23. The number of rotatable bonds is 7. The minimum Gasteiger partial charge on any atom is -0.478 e. The fourth-order valence-electron chi connectivity index (χ4n) is 2.03. The van der Waals surface area contributed by atoms with E-state index in [1.807, 2.05) is 20.8 Å². The van der Waals surface area contributed by atoms with Crippen molar-refractivity contribution in [1.29, 1.82) is 0 Å². The minimum atomic E-state index is -1.10. The molecule has 1 aromatic rings. The van der Waals surface area contributed by atoms with Gasteiger partial charge in [0.2, 0.25) is 0 Å². The molecule has 4 nitrogen and oxygen atoms in total. The summed E-state index contributed by atoms with van der Waals surface area (Å²) in [7, 11) is 0. The van der Waals surface area contributed by atoms with Crippen molar-refractivity contribution >= 4 is 27.9 Å². The van der Waals surface area contributed by atoms with Gasteiger partial charge in [0.1, 0.15) is 0 Å². The van der Waals surface area contributed by atoms with E-state index in [1.165, 1.54) is 6.07 Å². The van der Waals surface area contributed by atoms with Crippen molar-refractivity contribution in [3.63, 3.8) is 0 Å². The quantitative estimate of drug-likeness (QED) is 0.584. The molecule has 116 valence electrons. The van der Waals surface area contributed by atoms with Gasteiger partial charge in [-0.25, -0.2) is 9.59 Å². The van der Waals surface area contributed by atoms with Crippen LogP contribution in [0.1, 0.15) is 59.9 Å². The second kappa shape index (κ2) is 8.17. The van der Waals surface area contributed by atoms with Gasteiger partial charge in [-0.2, -0.15) is 0 Å². The zero-order valence-corrected chi connectivity index (χ0v) is 14.2. The molecule has 1 aromatic carbocycles. The van der Waals surface area contributed by atoms with Gasteiger partial charge in [0.15, 0.2) is 0 Å². The maximum atomic E-state index is 12.1. The van der Waals surface area contributed by atoms with Gasteiger partial charge in [-0.3, -0.25) is 0 Å². The first-order valence-electron chi connectivity index (χ1n) is 7.10. The number of carbonyl (C=O) groups is 2. The first-order valence-corrected chi connectivity index (χ1v) is 7.89. The summed E-state index contributed by atoms with van der Waals surface area (Å²) >= 11 is 3.38.